The Kier molecular flexibility index (Phi) is 3.42. The Hall–Kier alpha value is -2.19. The van der Waals surface area contributed by atoms with E-state index in [1.807, 2.05) is 19.3 Å². The molecule has 2 fully saturated rings. The average molecular weight is 316 g/mol. The second-order valence-corrected chi connectivity index (χ2v) is 6.36. The minimum atomic E-state index is -0.0954. The van der Waals surface area contributed by atoms with E-state index in [1.54, 1.807) is 10.9 Å². The van der Waals surface area contributed by atoms with E-state index >= 15 is 0 Å². The molecule has 4 heterocycles. The number of nitrogens with zero attached hydrogens (tertiary/aromatic N) is 4. The number of carbonyl (C=O) groups is 1. The molecule has 122 valence electrons. The fraction of sp³-hybridized carbons (Fsp3) is 0.533. The van der Waals surface area contributed by atoms with Gasteiger partial charge in [-0.2, -0.15) is 5.10 Å². The summed E-state index contributed by atoms with van der Waals surface area (Å²) in [6.07, 6.45) is 4.21. The highest BCUT2D eigenvalue weighted by Crippen LogP contribution is 2.29. The molecule has 0 atom stereocenters. The molecule has 2 aliphatic heterocycles. The van der Waals surface area contributed by atoms with Gasteiger partial charge in [-0.15, -0.1) is 0 Å². The number of nitrogens with one attached hydrogen (secondary N) is 2. The second kappa shape index (κ2) is 5.47. The van der Waals surface area contributed by atoms with Crippen LogP contribution in [0.3, 0.4) is 0 Å². The summed E-state index contributed by atoms with van der Waals surface area (Å²) < 4.78 is 7.25. The van der Waals surface area contributed by atoms with Crippen LogP contribution in [0.4, 0.5) is 0 Å². The zero-order valence-electron chi connectivity index (χ0n) is 13.1. The lowest BCUT2D eigenvalue weighted by molar-refractivity contribution is -0.123. The summed E-state index contributed by atoms with van der Waals surface area (Å²) in [6, 6.07) is 1.96. The van der Waals surface area contributed by atoms with E-state index in [4.69, 9.17) is 4.52 Å². The summed E-state index contributed by atoms with van der Waals surface area (Å²) in [6.45, 7) is 3.82. The van der Waals surface area contributed by atoms with Crippen molar-refractivity contribution in [3.05, 3.63) is 24.2 Å². The van der Waals surface area contributed by atoms with E-state index < -0.39 is 0 Å². The molecule has 1 amide bonds. The first kappa shape index (κ1) is 14.4. The highest BCUT2D eigenvalue weighted by atomic mass is 16.5. The number of aromatic nitrogens is 3. The monoisotopic (exact) mass is 316 g/mol. The molecule has 2 saturated heterocycles. The van der Waals surface area contributed by atoms with Gasteiger partial charge in [-0.25, -0.2) is 0 Å². The normalized spacial score (nSPS) is 21.0. The Balaban J connectivity index is 1.53. The highest BCUT2D eigenvalue weighted by molar-refractivity contribution is 5.78. The fourth-order valence-corrected chi connectivity index (χ4v) is 3.31. The summed E-state index contributed by atoms with van der Waals surface area (Å²) in [7, 11) is 1.87. The smallest absolute Gasteiger partial charge is 0.222 e. The summed E-state index contributed by atoms with van der Waals surface area (Å²) in [5, 5.41) is 14.5. The molecule has 1 spiro atoms. The molecule has 0 aromatic carbocycles. The maximum Gasteiger partial charge on any atom is 0.222 e. The Bertz CT molecular complexity index is 717. The summed E-state index contributed by atoms with van der Waals surface area (Å²) in [5.41, 5.74) is 1.63. The predicted molar refractivity (Wildman–Crippen MR) is 82.3 cm³/mol. The van der Waals surface area contributed by atoms with Crippen LogP contribution >= 0.6 is 0 Å². The molecule has 0 unspecified atom stereocenters. The van der Waals surface area contributed by atoms with Crippen LogP contribution in [-0.4, -0.2) is 57.5 Å². The number of amides is 1. The zero-order chi connectivity index (χ0) is 15.9. The van der Waals surface area contributed by atoms with Crippen LogP contribution in [-0.2, 0) is 18.4 Å². The Morgan fingerprint density at radius 1 is 1.43 bits per heavy atom. The van der Waals surface area contributed by atoms with Gasteiger partial charge in [-0.3, -0.25) is 14.4 Å². The van der Waals surface area contributed by atoms with Crippen molar-refractivity contribution in [3.8, 4) is 11.3 Å². The minimum Gasteiger partial charge on any atom is -0.359 e. The first-order valence-corrected chi connectivity index (χ1v) is 7.82. The van der Waals surface area contributed by atoms with Crippen molar-refractivity contribution in [3.63, 3.8) is 0 Å². The third-order valence-electron chi connectivity index (χ3n) is 4.68. The molecular formula is C15H20N6O2. The molecule has 8 heteroatoms. The van der Waals surface area contributed by atoms with E-state index in [-0.39, 0.29) is 11.4 Å². The SMILES string of the molecule is Cn1cc(-c2cc(CN3CCNC(=O)CC34CNC4)on2)cn1. The van der Waals surface area contributed by atoms with Gasteiger partial charge >= 0.3 is 0 Å². The molecule has 8 nitrogen and oxygen atoms in total. The topological polar surface area (TPSA) is 88.2 Å². The number of rotatable bonds is 3. The van der Waals surface area contributed by atoms with Crippen LogP contribution in [0.15, 0.2) is 23.0 Å². The van der Waals surface area contributed by atoms with Crippen molar-refractivity contribution < 1.29 is 9.32 Å². The molecule has 0 bridgehead atoms. The molecule has 0 radical (unpaired) electrons. The van der Waals surface area contributed by atoms with Crippen molar-refractivity contribution in [2.45, 2.75) is 18.5 Å². The Labute approximate surface area is 133 Å². The molecule has 2 aliphatic rings. The van der Waals surface area contributed by atoms with Crippen LogP contribution < -0.4 is 10.6 Å². The maximum absolute atomic E-state index is 11.9. The number of hydrogen-bond acceptors (Lipinski definition) is 6. The zero-order valence-corrected chi connectivity index (χ0v) is 13.1. The molecule has 2 aromatic heterocycles. The fourth-order valence-electron chi connectivity index (χ4n) is 3.31. The van der Waals surface area contributed by atoms with Gasteiger partial charge in [-0.05, 0) is 0 Å². The second-order valence-electron chi connectivity index (χ2n) is 6.36. The minimum absolute atomic E-state index is 0.0954. The molecule has 4 rings (SSSR count). The van der Waals surface area contributed by atoms with Crippen LogP contribution in [0.25, 0.3) is 11.3 Å². The van der Waals surface area contributed by atoms with E-state index in [0.29, 0.717) is 19.5 Å². The molecular weight excluding hydrogens is 296 g/mol. The summed E-state index contributed by atoms with van der Waals surface area (Å²) in [5.74, 6) is 0.937. The summed E-state index contributed by atoms with van der Waals surface area (Å²) >= 11 is 0. The van der Waals surface area contributed by atoms with Crippen molar-refractivity contribution >= 4 is 5.91 Å². The van der Waals surface area contributed by atoms with E-state index in [9.17, 15) is 4.79 Å². The van der Waals surface area contributed by atoms with E-state index in [0.717, 1.165) is 36.7 Å². The van der Waals surface area contributed by atoms with E-state index in [1.165, 1.54) is 0 Å². The van der Waals surface area contributed by atoms with Gasteiger partial charge in [0.2, 0.25) is 5.91 Å². The lowest BCUT2D eigenvalue weighted by Gasteiger charge is -2.49. The third kappa shape index (κ3) is 2.64. The van der Waals surface area contributed by atoms with Crippen molar-refractivity contribution in [2.24, 2.45) is 7.05 Å². The van der Waals surface area contributed by atoms with Crippen LogP contribution in [0.2, 0.25) is 0 Å². The maximum atomic E-state index is 11.9. The van der Waals surface area contributed by atoms with Gasteiger partial charge in [-0.1, -0.05) is 5.16 Å². The van der Waals surface area contributed by atoms with Gasteiger partial charge in [0, 0.05) is 57.5 Å². The van der Waals surface area contributed by atoms with Crippen LogP contribution in [0, 0.1) is 0 Å². The summed E-state index contributed by atoms with van der Waals surface area (Å²) in [4.78, 5) is 14.2. The number of carbonyl (C=O) groups excluding carboxylic acids is 1. The molecule has 2 N–H and O–H groups in total. The third-order valence-corrected chi connectivity index (χ3v) is 4.68. The first-order valence-electron chi connectivity index (χ1n) is 7.82. The van der Waals surface area contributed by atoms with Crippen molar-refractivity contribution in [2.75, 3.05) is 26.2 Å². The number of hydrogen-bond donors (Lipinski definition) is 2. The van der Waals surface area contributed by atoms with Gasteiger partial charge in [0.05, 0.1) is 18.3 Å². The van der Waals surface area contributed by atoms with Gasteiger partial charge in [0.1, 0.15) is 5.69 Å². The number of aryl methyl sites for hydroxylation is 1. The Morgan fingerprint density at radius 3 is 3.00 bits per heavy atom. The van der Waals surface area contributed by atoms with Gasteiger partial charge in [0.25, 0.3) is 0 Å². The first-order chi connectivity index (χ1) is 11.1. The van der Waals surface area contributed by atoms with Crippen LogP contribution in [0.5, 0.6) is 0 Å². The lowest BCUT2D eigenvalue weighted by atomic mass is 9.86. The largest absolute Gasteiger partial charge is 0.359 e. The quantitative estimate of drug-likeness (QED) is 0.811. The van der Waals surface area contributed by atoms with Crippen molar-refractivity contribution in [1.82, 2.24) is 30.5 Å². The highest BCUT2D eigenvalue weighted by Gasteiger charge is 2.45. The molecule has 0 aliphatic carbocycles. The predicted octanol–water partition coefficient (Wildman–Crippen LogP) is -0.261. The molecule has 2 aromatic rings. The molecule has 0 saturated carbocycles. The lowest BCUT2D eigenvalue weighted by Crippen LogP contribution is -2.68. The van der Waals surface area contributed by atoms with Gasteiger partial charge in [0.15, 0.2) is 5.76 Å². The van der Waals surface area contributed by atoms with Crippen molar-refractivity contribution in [1.29, 1.82) is 0 Å². The van der Waals surface area contributed by atoms with Gasteiger partial charge < -0.3 is 15.2 Å². The average Bonchev–Trinajstić information content (AvgIpc) is 3.07. The Morgan fingerprint density at radius 2 is 2.30 bits per heavy atom. The standard InChI is InChI=1S/C15H20N6O2/c1-20-7-11(6-18-20)13-4-12(23-19-13)8-21-3-2-17-14(22)5-15(21)9-16-10-15/h4,6-7,16H,2-3,5,8-10H2,1H3,(H,17,22). The van der Waals surface area contributed by atoms with Crippen LogP contribution in [0.1, 0.15) is 12.2 Å². The molecule has 23 heavy (non-hydrogen) atoms. The van der Waals surface area contributed by atoms with E-state index in [2.05, 4.69) is 25.8 Å².